The van der Waals surface area contributed by atoms with Crippen molar-refractivity contribution >= 4 is 27.5 Å². The van der Waals surface area contributed by atoms with Crippen molar-refractivity contribution in [2.75, 3.05) is 5.32 Å². The Balaban J connectivity index is 1.28. The molecule has 3 N–H and O–H groups in total. The SMILES string of the molecule is C=C(Nc1cncc(-c2cc3c(-c4cc5c(-c6ccncc6)nccc5[nH]4)n[nH]c3cn2)c1)C1CC1. The summed E-state index contributed by atoms with van der Waals surface area (Å²) in [6.45, 7) is 4.16. The largest absolute Gasteiger partial charge is 0.358 e. The Hall–Kier alpha value is -4.85. The summed E-state index contributed by atoms with van der Waals surface area (Å²) in [5.74, 6) is 0.571. The molecule has 8 heteroatoms. The molecule has 6 aromatic rings. The molecular weight excluding hydrogens is 448 g/mol. The highest BCUT2D eigenvalue weighted by molar-refractivity contribution is 6.00. The molecule has 0 aromatic carbocycles. The van der Waals surface area contributed by atoms with Crippen molar-refractivity contribution in [3.05, 3.63) is 85.9 Å². The average Bonchev–Trinajstić information content (AvgIpc) is 3.55. The van der Waals surface area contributed by atoms with Gasteiger partial charge in [-0.1, -0.05) is 6.58 Å². The van der Waals surface area contributed by atoms with Gasteiger partial charge in [-0.05, 0) is 55.2 Å². The summed E-state index contributed by atoms with van der Waals surface area (Å²) in [5.41, 5.74) is 9.25. The highest BCUT2D eigenvalue weighted by Crippen LogP contribution is 2.37. The Morgan fingerprint density at radius 2 is 1.69 bits per heavy atom. The molecule has 1 aliphatic carbocycles. The topological polar surface area (TPSA) is 108 Å². The van der Waals surface area contributed by atoms with Crippen LogP contribution >= 0.6 is 0 Å². The molecule has 0 spiro atoms. The summed E-state index contributed by atoms with van der Waals surface area (Å²) >= 11 is 0. The minimum atomic E-state index is 0.571. The number of nitrogens with zero attached hydrogens (tertiary/aromatic N) is 5. The summed E-state index contributed by atoms with van der Waals surface area (Å²) in [7, 11) is 0. The van der Waals surface area contributed by atoms with Gasteiger partial charge in [0.2, 0.25) is 0 Å². The Morgan fingerprint density at radius 3 is 2.56 bits per heavy atom. The molecule has 8 nitrogen and oxygen atoms in total. The fourth-order valence-electron chi connectivity index (χ4n) is 4.57. The van der Waals surface area contributed by atoms with Crippen LogP contribution in [0.25, 0.3) is 55.7 Å². The van der Waals surface area contributed by atoms with Gasteiger partial charge in [-0.3, -0.25) is 25.0 Å². The van der Waals surface area contributed by atoms with Crippen molar-refractivity contribution in [2.45, 2.75) is 12.8 Å². The summed E-state index contributed by atoms with van der Waals surface area (Å²) < 4.78 is 0. The number of fused-ring (bicyclic) bond motifs is 2. The number of hydrogen-bond donors (Lipinski definition) is 3. The maximum absolute atomic E-state index is 4.66. The minimum Gasteiger partial charge on any atom is -0.358 e. The van der Waals surface area contributed by atoms with E-state index in [-0.39, 0.29) is 0 Å². The summed E-state index contributed by atoms with van der Waals surface area (Å²) in [6.07, 6.45) is 13.2. The predicted octanol–water partition coefficient (Wildman–Crippen LogP) is 5.96. The van der Waals surface area contributed by atoms with E-state index in [9.17, 15) is 0 Å². The Kier molecular flexibility index (Phi) is 4.63. The lowest BCUT2D eigenvalue weighted by Crippen LogP contribution is -2.00. The van der Waals surface area contributed by atoms with Crippen LogP contribution in [0.2, 0.25) is 0 Å². The van der Waals surface area contributed by atoms with E-state index in [1.165, 1.54) is 12.8 Å². The first-order valence-electron chi connectivity index (χ1n) is 11.9. The van der Waals surface area contributed by atoms with E-state index in [2.05, 4.69) is 65.2 Å². The van der Waals surface area contributed by atoms with Crippen molar-refractivity contribution in [1.29, 1.82) is 0 Å². The quantitative estimate of drug-likeness (QED) is 0.277. The first kappa shape index (κ1) is 20.5. The highest BCUT2D eigenvalue weighted by Gasteiger charge is 2.24. The lowest BCUT2D eigenvalue weighted by atomic mass is 10.1. The van der Waals surface area contributed by atoms with Gasteiger partial charge in [0.05, 0.1) is 40.7 Å². The Morgan fingerprint density at radius 1 is 0.833 bits per heavy atom. The minimum absolute atomic E-state index is 0.571. The molecule has 0 aliphatic heterocycles. The van der Waals surface area contributed by atoms with Crippen molar-refractivity contribution in [3.63, 3.8) is 0 Å². The number of hydrogen-bond acceptors (Lipinski definition) is 6. The second kappa shape index (κ2) is 8.13. The zero-order valence-corrected chi connectivity index (χ0v) is 19.4. The van der Waals surface area contributed by atoms with E-state index in [0.29, 0.717) is 5.92 Å². The fourth-order valence-corrected chi connectivity index (χ4v) is 4.57. The van der Waals surface area contributed by atoms with Crippen LogP contribution in [-0.2, 0) is 0 Å². The van der Waals surface area contributed by atoms with E-state index >= 15 is 0 Å². The molecule has 6 heterocycles. The first-order chi connectivity index (χ1) is 17.7. The van der Waals surface area contributed by atoms with Crippen molar-refractivity contribution in [3.8, 4) is 33.9 Å². The first-order valence-corrected chi connectivity index (χ1v) is 11.9. The molecule has 1 saturated carbocycles. The third-order valence-electron chi connectivity index (χ3n) is 6.61. The van der Waals surface area contributed by atoms with E-state index < -0.39 is 0 Å². The Bertz CT molecular complexity index is 1740. The van der Waals surface area contributed by atoms with E-state index in [4.69, 9.17) is 0 Å². The van der Waals surface area contributed by atoms with Crippen LogP contribution in [0.3, 0.4) is 0 Å². The highest BCUT2D eigenvalue weighted by atomic mass is 15.1. The third kappa shape index (κ3) is 3.60. The van der Waals surface area contributed by atoms with E-state index in [1.807, 2.05) is 43.0 Å². The monoisotopic (exact) mass is 470 g/mol. The van der Waals surface area contributed by atoms with Crippen LogP contribution in [0.1, 0.15) is 12.8 Å². The lowest BCUT2D eigenvalue weighted by molar-refractivity contribution is 1.02. The number of aromatic nitrogens is 7. The van der Waals surface area contributed by atoms with E-state index in [0.717, 1.165) is 67.1 Å². The van der Waals surface area contributed by atoms with Gasteiger partial charge in [0, 0.05) is 57.9 Å². The molecule has 174 valence electrons. The second-order valence-corrected chi connectivity index (χ2v) is 9.11. The molecule has 1 aliphatic rings. The molecule has 36 heavy (non-hydrogen) atoms. The fraction of sp³-hybridized carbons (Fsp3) is 0.107. The maximum atomic E-state index is 4.66. The number of rotatable bonds is 6. The molecule has 0 unspecified atom stereocenters. The summed E-state index contributed by atoms with van der Waals surface area (Å²) in [5, 5.41) is 13.1. The molecule has 6 aromatic heterocycles. The van der Waals surface area contributed by atoms with Gasteiger partial charge in [-0.25, -0.2) is 0 Å². The number of aromatic amines is 2. The van der Waals surface area contributed by atoms with Crippen LogP contribution in [0.5, 0.6) is 0 Å². The molecule has 0 bridgehead atoms. The summed E-state index contributed by atoms with van der Waals surface area (Å²) in [6, 6.07) is 12.1. The number of allylic oxidation sites excluding steroid dienone is 1. The van der Waals surface area contributed by atoms with Crippen LogP contribution in [-0.4, -0.2) is 35.1 Å². The maximum Gasteiger partial charge on any atom is 0.116 e. The van der Waals surface area contributed by atoms with Gasteiger partial charge in [-0.15, -0.1) is 0 Å². The molecule has 0 atom stereocenters. The molecule has 1 fully saturated rings. The molecule has 7 rings (SSSR count). The number of H-pyrrole nitrogens is 2. The molecular formula is C28H22N8. The van der Waals surface area contributed by atoms with Gasteiger partial charge in [0.1, 0.15) is 5.69 Å². The van der Waals surface area contributed by atoms with Crippen LogP contribution in [0.4, 0.5) is 5.69 Å². The van der Waals surface area contributed by atoms with Gasteiger partial charge >= 0.3 is 0 Å². The van der Waals surface area contributed by atoms with E-state index in [1.54, 1.807) is 12.4 Å². The third-order valence-corrected chi connectivity index (χ3v) is 6.61. The van der Waals surface area contributed by atoms with Crippen LogP contribution in [0, 0.1) is 5.92 Å². The standard InChI is InChI=1S/C28H22N8/c1-16(17-2-3-17)33-20-10-19(13-30-14-20)24-11-22-26(15-32-24)35-36-28(22)25-12-21-23(34-25)6-9-31-27(21)18-4-7-29-8-5-18/h4-15,17,33-34H,1-3H2,(H,35,36). The normalized spacial score (nSPS) is 13.3. The predicted molar refractivity (Wildman–Crippen MR) is 141 cm³/mol. The smallest absolute Gasteiger partial charge is 0.116 e. The zero-order chi connectivity index (χ0) is 24.1. The average molecular weight is 471 g/mol. The van der Waals surface area contributed by atoms with Crippen molar-refractivity contribution in [1.82, 2.24) is 35.1 Å². The second-order valence-electron chi connectivity index (χ2n) is 9.11. The number of anilines is 1. The summed E-state index contributed by atoms with van der Waals surface area (Å²) in [4.78, 5) is 21.4. The van der Waals surface area contributed by atoms with Crippen LogP contribution in [0.15, 0.2) is 85.9 Å². The zero-order valence-electron chi connectivity index (χ0n) is 19.4. The lowest BCUT2D eigenvalue weighted by Gasteiger charge is -2.09. The van der Waals surface area contributed by atoms with Gasteiger partial charge in [-0.2, -0.15) is 5.10 Å². The molecule has 0 amide bonds. The molecule has 0 saturated heterocycles. The number of pyridine rings is 4. The van der Waals surface area contributed by atoms with Gasteiger partial charge < -0.3 is 10.3 Å². The number of nitrogens with one attached hydrogen (secondary N) is 3. The van der Waals surface area contributed by atoms with Crippen molar-refractivity contribution < 1.29 is 0 Å². The van der Waals surface area contributed by atoms with Crippen LogP contribution < -0.4 is 5.32 Å². The molecule has 0 radical (unpaired) electrons. The Labute approximate surface area is 206 Å². The van der Waals surface area contributed by atoms with Gasteiger partial charge in [0.15, 0.2) is 0 Å². The van der Waals surface area contributed by atoms with Crippen molar-refractivity contribution in [2.24, 2.45) is 5.92 Å². The van der Waals surface area contributed by atoms with Gasteiger partial charge in [0.25, 0.3) is 0 Å².